The molecule has 0 saturated carbocycles. The maximum absolute atomic E-state index is 12.9. The largest absolute Gasteiger partial charge is 0.387 e. The Morgan fingerprint density at radius 1 is 1.16 bits per heavy atom. The van der Waals surface area contributed by atoms with Gasteiger partial charge in [-0.3, -0.25) is 9.78 Å². The van der Waals surface area contributed by atoms with Crippen LogP contribution >= 0.6 is 0 Å². The Morgan fingerprint density at radius 3 is 2.80 bits per heavy atom. The molecule has 1 aromatic heterocycles. The first-order chi connectivity index (χ1) is 12.1. The first-order valence-corrected chi connectivity index (χ1v) is 9.22. The molecule has 0 bridgehead atoms. The number of amides is 1. The molecule has 25 heavy (non-hydrogen) atoms. The quantitative estimate of drug-likeness (QED) is 0.932. The molecule has 1 N–H and O–H groups in total. The van der Waals surface area contributed by atoms with Crippen molar-refractivity contribution in [1.82, 2.24) is 14.8 Å². The minimum Gasteiger partial charge on any atom is -0.387 e. The molecule has 1 atom stereocenters. The first-order valence-electron chi connectivity index (χ1n) is 9.22. The van der Waals surface area contributed by atoms with Crippen molar-refractivity contribution in [2.75, 3.05) is 32.7 Å². The molecule has 5 nitrogen and oxygen atoms in total. The Labute approximate surface area is 148 Å². The number of piperidine rings is 1. The molecule has 0 unspecified atom stereocenters. The number of pyridine rings is 1. The van der Waals surface area contributed by atoms with Crippen LogP contribution in [-0.4, -0.2) is 64.1 Å². The van der Waals surface area contributed by atoms with E-state index in [1.807, 2.05) is 30.3 Å². The highest BCUT2D eigenvalue weighted by Crippen LogP contribution is 2.25. The topological polar surface area (TPSA) is 56.7 Å². The van der Waals surface area contributed by atoms with Crippen molar-refractivity contribution in [3.63, 3.8) is 0 Å². The molecule has 2 fully saturated rings. The van der Waals surface area contributed by atoms with Gasteiger partial charge in [-0.05, 0) is 50.9 Å². The third kappa shape index (κ3) is 3.53. The Balaban J connectivity index is 1.50. The molecule has 0 spiro atoms. The number of hydrogen-bond acceptors (Lipinski definition) is 4. The summed E-state index contributed by atoms with van der Waals surface area (Å²) in [7, 11) is 0. The van der Waals surface area contributed by atoms with E-state index in [2.05, 4.69) is 9.88 Å². The number of hydrogen-bond donors (Lipinski definition) is 1. The number of benzene rings is 1. The molecule has 4 rings (SSSR count). The van der Waals surface area contributed by atoms with Crippen LogP contribution in [0, 0.1) is 0 Å². The zero-order chi connectivity index (χ0) is 17.3. The van der Waals surface area contributed by atoms with Gasteiger partial charge in [0.2, 0.25) is 0 Å². The minimum absolute atomic E-state index is 0.0298. The van der Waals surface area contributed by atoms with Crippen molar-refractivity contribution in [2.45, 2.75) is 31.3 Å². The number of carbonyl (C=O) groups excluding carboxylic acids is 1. The molecule has 2 aliphatic heterocycles. The number of para-hydroxylation sites is 1. The second-order valence-electron chi connectivity index (χ2n) is 7.45. The lowest BCUT2D eigenvalue weighted by Gasteiger charge is -2.41. The monoisotopic (exact) mass is 339 g/mol. The summed E-state index contributed by atoms with van der Waals surface area (Å²) in [6.07, 6.45) is 5.68. The van der Waals surface area contributed by atoms with Crippen LogP contribution in [0.5, 0.6) is 0 Å². The lowest BCUT2D eigenvalue weighted by atomic mass is 9.91. The molecule has 0 radical (unpaired) electrons. The van der Waals surface area contributed by atoms with Crippen molar-refractivity contribution < 1.29 is 9.90 Å². The molecule has 2 aliphatic rings. The zero-order valence-electron chi connectivity index (χ0n) is 14.5. The van der Waals surface area contributed by atoms with Gasteiger partial charge < -0.3 is 14.9 Å². The van der Waals surface area contributed by atoms with E-state index in [1.54, 1.807) is 11.1 Å². The number of aliphatic hydroxyl groups is 1. The smallest absolute Gasteiger partial charge is 0.255 e. The number of fused-ring (bicyclic) bond motifs is 1. The second-order valence-corrected chi connectivity index (χ2v) is 7.45. The standard InChI is InChI=1S/C20H25N3O2/c24-19(17-12-16-6-1-2-7-18(16)21-13-17)23-11-5-8-20(25,15-23)14-22-9-3-4-10-22/h1-2,6-7,12-13,25H,3-5,8-11,14-15H2/t20-/m1/s1. The van der Waals surface area contributed by atoms with E-state index in [0.29, 0.717) is 25.2 Å². The normalized spacial score (nSPS) is 24.8. The van der Waals surface area contributed by atoms with Crippen LogP contribution in [0.4, 0.5) is 0 Å². The van der Waals surface area contributed by atoms with Crippen LogP contribution in [0.25, 0.3) is 10.9 Å². The molecular formula is C20H25N3O2. The van der Waals surface area contributed by atoms with E-state index >= 15 is 0 Å². The molecule has 1 amide bonds. The summed E-state index contributed by atoms with van der Waals surface area (Å²) < 4.78 is 0. The van der Waals surface area contributed by atoms with E-state index in [1.165, 1.54) is 12.8 Å². The van der Waals surface area contributed by atoms with E-state index in [0.717, 1.165) is 36.8 Å². The molecule has 1 aromatic carbocycles. The molecule has 0 aliphatic carbocycles. The average molecular weight is 339 g/mol. The molecule has 132 valence electrons. The van der Waals surface area contributed by atoms with Crippen molar-refractivity contribution in [3.05, 3.63) is 42.1 Å². The summed E-state index contributed by atoms with van der Waals surface area (Å²) in [4.78, 5) is 21.4. The van der Waals surface area contributed by atoms with Gasteiger partial charge >= 0.3 is 0 Å². The van der Waals surface area contributed by atoms with Crippen LogP contribution in [-0.2, 0) is 0 Å². The number of carbonyl (C=O) groups is 1. The van der Waals surface area contributed by atoms with Crippen LogP contribution in [0.2, 0.25) is 0 Å². The second kappa shape index (κ2) is 6.73. The van der Waals surface area contributed by atoms with Gasteiger partial charge in [-0.1, -0.05) is 18.2 Å². The van der Waals surface area contributed by atoms with Gasteiger partial charge in [-0.25, -0.2) is 0 Å². The highest BCUT2D eigenvalue weighted by molar-refractivity contribution is 5.97. The lowest BCUT2D eigenvalue weighted by Crippen LogP contribution is -2.55. The summed E-state index contributed by atoms with van der Waals surface area (Å²) in [5.74, 6) is -0.0298. The Morgan fingerprint density at radius 2 is 1.96 bits per heavy atom. The maximum Gasteiger partial charge on any atom is 0.255 e. The molecule has 3 heterocycles. The number of nitrogens with zero attached hydrogens (tertiary/aromatic N) is 3. The van der Waals surface area contributed by atoms with Gasteiger partial charge in [0.25, 0.3) is 5.91 Å². The van der Waals surface area contributed by atoms with Gasteiger partial charge in [0.05, 0.1) is 23.2 Å². The van der Waals surface area contributed by atoms with Gasteiger partial charge in [0, 0.05) is 24.7 Å². The number of β-amino-alcohol motifs (C(OH)–C–C–N with tert-alkyl or cyclic N) is 1. The third-order valence-electron chi connectivity index (χ3n) is 5.40. The predicted octanol–water partition coefficient (Wildman–Crippen LogP) is 2.30. The summed E-state index contributed by atoms with van der Waals surface area (Å²) in [5, 5.41) is 12.0. The van der Waals surface area contributed by atoms with E-state index in [-0.39, 0.29) is 5.91 Å². The number of rotatable bonds is 3. The van der Waals surface area contributed by atoms with Crippen molar-refractivity contribution in [2.24, 2.45) is 0 Å². The van der Waals surface area contributed by atoms with Crippen LogP contribution in [0.15, 0.2) is 36.5 Å². The van der Waals surface area contributed by atoms with Crippen LogP contribution in [0.3, 0.4) is 0 Å². The highest BCUT2D eigenvalue weighted by atomic mass is 16.3. The number of likely N-dealkylation sites (tertiary alicyclic amines) is 2. The number of aromatic nitrogens is 1. The molecular weight excluding hydrogens is 314 g/mol. The summed E-state index contributed by atoms with van der Waals surface area (Å²) >= 11 is 0. The maximum atomic E-state index is 12.9. The van der Waals surface area contributed by atoms with Gasteiger partial charge in [0.15, 0.2) is 0 Å². The van der Waals surface area contributed by atoms with E-state index < -0.39 is 5.60 Å². The summed E-state index contributed by atoms with van der Waals surface area (Å²) in [6, 6.07) is 9.71. The lowest BCUT2D eigenvalue weighted by molar-refractivity contribution is -0.0431. The SMILES string of the molecule is O=C(c1cnc2ccccc2c1)N1CCC[C@@](O)(CN2CCCC2)C1. The van der Waals surface area contributed by atoms with E-state index in [4.69, 9.17) is 0 Å². The van der Waals surface area contributed by atoms with E-state index in [9.17, 15) is 9.90 Å². The van der Waals surface area contributed by atoms with Crippen molar-refractivity contribution >= 4 is 16.8 Å². The van der Waals surface area contributed by atoms with Gasteiger partial charge in [0.1, 0.15) is 0 Å². The summed E-state index contributed by atoms with van der Waals surface area (Å²) in [5.41, 5.74) is 0.704. The predicted molar refractivity (Wildman–Crippen MR) is 97.5 cm³/mol. The summed E-state index contributed by atoms with van der Waals surface area (Å²) in [6.45, 7) is 3.91. The van der Waals surface area contributed by atoms with Crippen LogP contribution < -0.4 is 0 Å². The Bertz CT molecular complexity index is 772. The first kappa shape index (κ1) is 16.5. The fraction of sp³-hybridized carbons (Fsp3) is 0.500. The van der Waals surface area contributed by atoms with Gasteiger partial charge in [-0.15, -0.1) is 0 Å². The Kier molecular flexibility index (Phi) is 4.44. The van der Waals surface area contributed by atoms with Crippen molar-refractivity contribution in [3.8, 4) is 0 Å². The fourth-order valence-corrected chi connectivity index (χ4v) is 4.14. The van der Waals surface area contributed by atoms with Crippen LogP contribution in [0.1, 0.15) is 36.0 Å². The molecule has 5 heteroatoms. The average Bonchev–Trinajstić information content (AvgIpc) is 3.13. The molecule has 2 aromatic rings. The fourth-order valence-electron chi connectivity index (χ4n) is 4.14. The Hall–Kier alpha value is -1.98. The minimum atomic E-state index is -0.789. The third-order valence-corrected chi connectivity index (χ3v) is 5.40. The highest BCUT2D eigenvalue weighted by Gasteiger charge is 2.37. The zero-order valence-corrected chi connectivity index (χ0v) is 14.5. The van der Waals surface area contributed by atoms with Gasteiger partial charge in [-0.2, -0.15) is 0 Å². The van der Waals surface area contributed by atoms with Crippen molar-refractivity contribution in [1.29, 1.82) is 0 Å². The molecule has 2 saturated heterocycles.